The van der Waals surface area contributed by atoms with Gasteiger partial charge in [-0.05, 0) is 34.6 Å². The van der Waals surface area contributed by atoms with E-state index in [-0.39, 0.29) is 4.90 Å². The molecule has 8 heteroatoms. The molecule has 7 nitrogen and oxygen atoms in total. The van der Waals surface area contributed by atoms with E-state index in [2.05, 4.69) is 5.10 Å². The van der Waals surface area contributed by atoms with Gasteiger partial charge in [0.1, 0.15) is 11.4 Å². The minimum absolute atomic E-state index is 0.0798. The molecule has 1 rings (SSSR count). The largest absolute Gasteiger partial charge is 0.480 e. The Morgan fingerprint density at radius 1 is 1.35 bits per heavy atom. The van der Waals surface area contributed by atoms with Crippen molar-refractivity contribution in [3.63, 3.8) is 0 Å². The average molecular weight is 303 g/mol. The Bertz CT molecular complexity index is 626. The molecule has 0 fully saturated rings. The molecule has 1 heterocycles. The van der Waals surface area contributed by atoms with Gasteiger partial charge in [-0.15, -0.1) is 0 Å². The van der Waals surface area contributed by atoms with Crippen molar-refractivity contribution in [2.45, 2.75) is 45.1 Å². The number of sulfonamides is 1. The Balaban J connectivity index is 3.49. The van der Waals surface area contributed by atoms with Crippen LogP contribution in [0.4, 0.5) is 0 Å². The molecular formula is C12H21N3O4S. The lowest BCUT2D eigenvalue weighted by molar-refractivity contribution is -0.138. The van der Waals surface area contributed by atoms with Crippen LogP contribution in [0.5, 0.6) is 0 Å². The fourth-order valence-electron chi connectivity index (χ4n) is 2.04. The van der Waals surface area contributed by atoms with Crippen LogP contribution in [0.3, 0.4) is 0 Å². The van der Waals surface area contributed by atoms with Crippen molar-refractivity contribution < 1.29 is 18.3 Å². The molecule has 0 atom stereocenters. The standard InChI is InChI=1S/C12H21N3O4S/c1-8-11(9(2)14(6)13-8)20(18,19)15(7-10(16)17)12(3,4)5/h7H2,1-6H3,(H,16,17). The first-order valence-corrected chi connectivity index (χ1v) is 7.58. The molecule has 20 heavy (non-hydrogen) atoms. The van der Waals surface area contributed by atoms with Gasteiger partial charge in [-0.25, -0.2) is 8.42 Å². The Hall–Kier alpha value is -1.41. The van der Waals surface area contributed by atoms with E-state index in [9.17, 15) is 13.2 Å². The van der Waals surface area contributed by atoms with Gasteiger partial charge in [0, 0.05) is 12.6 Å². The molecule has 114 valence electrons. The number of carbonyl (C=O) groups is 1. The number of aryl methyl sites for hydroxylation is 2. The lowest BCUT2D eigenvalue weighted by atomic mass is 10.1. The van der Waals surface area contributed by atoms with Gasteiger partial charge in [-0.2, -0.15) is 9.40 Å². The van der Waals surface area contributed by atoms with Crippen LogP contribution < -0.4 is 0 Å². The van der Waals surface area contributed by atoms with Crippen molar-refractivity contribution in [3.05, 3.63) is 11.4 Å². The highest BCUT2D eigenvalue weighted by atomic mass is 32.2. The summed E-state index contributed by atoms with van der Waals surface area (Å²) in [6, 6.07) is 0. The Morgan fingerprint density at radius 3 is 2.15 bits per heavy atom. The van der Waals surface area contributed by atoms with Crippen molar-refractivity contribution in [2.75, 3.05) is 6.54 Å². The second kappa shape index (κ2) is 5.17. The molecule has 0 unspecified atom stereocenters. The highest BCUT2D eigenvalue weighted by molar-refractivity contribution is 7.89. The second-order valence-corrected chi connectivity index (χ2v) is 7.50. The van der Waals surface area contributed by atoms with Crippen LogP contribution in [0.2, 0.25) is 0 Å². The Labute approximate surface area is 119 Å². The van der Waals surface area contributed by atoms with Crippen LogP contribution in [0.25, 0.3) is 0 Å². The van der Waals surface area contributed by atoms with E-state index >= 15 is 0 Å². The number of carboxylic acid groups (broad SMARTS) is 1. The molecule has 0 radical (unpaired) electrons. The molecular weight excluding hydrogens is 282 g/mol. The van der Waals surface area contributed by atoms with E-state index in [1.807, 2.05) is 0 Å². The lowest BCUT2D eigenvalue weighted by Crippen LogP contribution is -2.48. The summed E-state index contributed by atoms with van der Waals surface area (Å²) in [6.07, 6.45) is 0. The fourth-order valence-corrected chi connectivity index (χ4v) is 4.18. The van der Waals surface area contributed by atoms with Gasteiger partial charge >= 0.3 is 5.97 Å². The van der Waals surface area contributed by atoms with Gasteiger partial charge < -0.3 is 5.11 Å². The molecule has 0 bridgehead atoms. The summed E-state index contributed by atoms with van der Waals surface area (Å²) >= 11 is 0. The number of nitrogens with zero attached hydrogens (tertiary/aromatic N) is 3. The molecule has 0 saturated heterocycles. The molecule has 0 saturated carbocycles. The topological polar surface area (TPSA) is 92.5 Å². The zero-order chi connectivity index (χ0) is 15.9. The van der Waals surface area contributed by atoms with E-state index in [1.54, 1.807) is 41.7 Å². The number of carboxylic acids is 1. The third-order valence-electron chi connectivity index (χ3n) is 3.02. The van der Waals surface area contributed by atoms with E-state index < -0.39 is 28.1 Å². The van der Waals surface area contributed by atoms with Crippen LogP contribution >= 0.6 is 0 Å². The van der Waals surface area contributed by atoms with Crippen molar-refractivity contribution in [1.29, 1.82) is 0 Å². The van der Waals surface area contributed by atoms with Crippen molar-refractivity contribution in [1.82, 2.24) is 14.1 Å². The fraction of sp³-hybridized carbons (Fsp3) is 0.667. The zero-order valence-corrected chi connectivity index (χ0v) is 13.4. The smallest absolute Gasteiger partial charge is 0.318 e. The van der Waals surface area contributed by atoms with Crippen molar-refractivity contribution in [3.8, 4) is 0 Å². The third-order valence-corrected chi connectivity index (χ3v) is 5.38. The first kappa shape index (κ1) is 16.6. The van der Waals surface area contributed by atoms with Gasteiger partial charge in [-0.3, -0.25) is 9.48 Å². The SMILES string of the molecule is Cc1nn(C)c(C)c1S(=O)(=O)N(CC(=O)O)C(C)(C)C. The van der Waals surface area contributed by atoms with Crippen LogP contribution in [0.15, 0.2) is 4.90 Å². The summed E-state index contributed by atoms with van der Waals surface area (Å²) in [5.41, 5.74) is 0.0122. The number of aliphatic carboxylic acids is 1. The van der Waals surface area contributed by atoms with E-state index in [1.165, 1.54) is 4.68 Å². The first-order valence-electron chi connectivity index (χ1n) is 6.14. The van der Waals surface area contributed by atoms with Gasteiger partial charge in [-0.1, -0.05) is 0 Å². The summed E-state index contributed by atoms with van der Waals surface area (Å²) in [4.78, 5) is 11.1. The lowest BCUT2D eigenvalue weighted by Gasteiger charge is -2.33. The van der Waals surface area contributed by atoms with Crippen LogP contribution in [-0.4, -0.2) is 45.7 Å². The summed E-state index contributed by atoms with van der Waals surface area (Å²) in [6.45, 7) is 7.65. The molecule has 0 aliphatic rings. The minimum atomic E-state index is -3.93. The highest BCUT2D eigenvalue weighted by Crippen LogP contribution is 2.28. The van der Waals surface area contributed by atoms with E-state index in [4.69, 9.17) is 5.11 Å². The highest BCUT2D eigenvalue weighted by Gasteiger charge is 2.38. The first-order chi connectivity index (χ1) is 8.89. The molecule has 0 aliphatic heterocycles. The molecule has 0 spiro atoms. The maximum absolute atomic E-state index is 12.8. The summed E-state index contributed by atoms with van der Waals surface area (Å²) in [5.74, 6) is -1.19. The maximum atomic E-state index is 12.8. The summed E-state index contributed by atoms with van der Waals surface area (Å²) in [5, 5.41) is 13.1. The van der Waals surface area contributed by atoms with E-state index in [0.717, 1.165) is 4.31 Å². The van der Waals surface area contributed by atoms with Crippen LogP contribution in [0.1, 0.15) is 32.2 Å². The van der Waals surface area contributed by atoms with Crippen LogP contribution in [0, 0.1) is 13.8 Å². The molecule has 1 aromatic rings. The number of hydrogen-bond acceptors (Lipinski definition) is 4. The zero-order valence-electron chi connectivity index (χ0n) is 12.6. The van der Waals surface area contributed by atoms with Crippen molar-refractivity contribution in [2.24, 2.45) is 7.05 Å². The monoisotopic (exact) mass is 303 g/mol. The molecule has 1 N–H and O–H groups in total. The quantitative estimate of drug-likeness (QED) is 0.892. The van der Waals surface area contributed by atoms with Gasteiger partial charge in [0.05, 0.1) is 11.4 Å². The number of hydrogen-bond donors (Lipinski definition) is 1. The Kier molecular flexibility index (Phi) is 4.31. The van der Waals surface area contributed by atoms with Gasteiger partial charge in [0.2, 0.25) is 10.0 Å². The normalized spacial score (nSPS) is 12.9. The van der Waals surface area contributed by atoms with Crippen molar-refractivity contribution >= 4 is 16.0 Å². The minimum Gasteiger partial charge on any atom is -0.480 e. The van der Waals surface area contributed by atoms with Gasteiger partial charge in [0.15, 0.2) is 0 Å². The maximum Gasteiger partial charge on any atom is 0.318 e. The summed E-state index contributed by atoms with van der Waals surface area (Å²) < 4.78 is 28.0. The molecule has 0 aromatic carbocycles. The predicted octanol–water partition coefficient (Wildman–Crippen LogP) is 0.911. The van der Waals surface area contributed by atoms with Gasteiger partial charge in [0.25, 0.3) is 0 Å². The number of rotatable bonds is 4. The van der Waals surface area contributed by atoms with Crippen LogP contribution in [-0.2, 0) is 21.9 Å². The molecule has 1 aromatic heterocycles. The number of aromatic nitrogens is 2. The third kappa shape index (κ3) is 3.01. The van der Waals surface area contributed by atoms with E-state index in [0.29, 0.717) is 11.4 Å². The molecule has 0 amide bonds. The molecule has 0 aliphatic carbocycles. The predicted molar refractivity (Wildman–Crippen MR) is 74.0 cm³/mol. The summed E-state index contributed by atoms with van der Waals surface area (Å²) in [7, 11) is -2.27. The Morgan fingerprint density at radius 2 is 1.85 bits per heavy atom. The average Bonchev–Trinajstić information content (AvgIpc) is 2.48. The second-order valence-electron chi connectivity index (χ2n) is 5.70.